The zero-order valence-electron chi connectivity index (χ0n) is 9.92. The van der Waals surface area contributed by atoms with Gasteiger partial charge in [0.15, 0.2) is 11.5 Å². The fourth-order valence-electron chi connectivity index (χ4n) is 1.43. The van der Waals surface area contributed by atoms with E-state index < -0.39 is 0 Å². The van der Waals surface area contributed by atoms with Gasteiger partial charge in [-0.3, -0.25) is 0 Å². The molecule has 6 nitrogen and oxygen atoms in total. The minimum atomic E-state index is 0.274. The molecule has 0 bridgehead atoms. The summed E-state index contributed by atoms with van der Waals surface area (Å²) < 4.78 is 10.1. The van der Waals surface area contributed by atoms with Crippen LogP contribution >= 0.6 is 11.6 Å². The van der Waals surface area contributed by atoms with Gasteiger partial charge < -0.3 is 9.47 Å². The molecule has 7 heteroatoms. The van der Waals surface area contributed by atoms with Crippen LogP contribution in [-0.2, 0) is 11.3 Å². The van der Waals surface area contributed by atoms with Crippen LogP contribution in [0, 0.1) is 0 Å². The lowest BCUT2D eigenvalue weighted by atomic mass is 10.3. The van der Waals surface area contributed by atoms with Crippen LogP contribution in [0.2, 0.25) is 5.15 Å². The Morgan fingerprint density at radius 2 is 1.94 bits per heavy atom. The van der Waals surface area contributed by atoms with Crippen molar-refractivity contribution in [2.45, 2.75) is 6.61 Å². The van der Waals surface area contributed by atoms with Crippen molar-refractivity contribution in [2.24, 2.45) is 0 Å². The molecule has 0 aliphatic rings. The molecule has 0 saturated carbocycles. The number of hydrogen-bond acceptors (Lipinski definition) is 6. The van der Waals surface area contributed by atoms with Crippen LogP contribution in [0.5, 0.6) is 5.88 Å². The third-order valence-electron chi connectivity index (χ3n) is 2.12. The number of halogens is 1. The van der Waals surface area contributed by atoms with Crippen LogP contribution in [0.15, 0.2) is 18.5 Å². The number of methoxy groups -OCH3 is 2. The number of rotatable bonds is 4. The van der Waals surface area contributed by atoms with E-state index in [0.717, 1.165) is 0 Å². The zero-order valence-corrected chi connectivity index (χ0v) is 10.7. The van der Waals surface area contributed by atoms with E-state index in [1.165, 1.54) is 7.11 Å². The summed E-state index contributed by atoms with van der Waals surface area (Å²) in [7, 11) is 3.08. The highest BCUT2D eigenvalue weighted by atomic mass is 35.5. The maximum atomic E-state index is 5.94. The Balaban J connectivity index is 2.49. The summed E-state index contributed by atoms with van der Waals surface area (Å²) in [5, 5.41) is 0.319. The van der Waals surface area contributed by atoms with Crippen LogP contribution in [-0.4, -0.2) is 34.2 Å². The first-order valence-corrected chi connectivity index (χ1v) is 5.50. The van der Waals surface area contributed by atoms with Gasteiger partial charge in [-0.05, 0) is 0 Å². The predicted molar refractivity (Wildman–Crippen MR) is 65.3 cm³/mol. The number of nitrogens with zero attached hydrogens (tertiary/aromatic N) is 4. The fraction of sp³-hybridized carbons (Fsp3) is 0.273. The van der Waals surface area contributed by atoms with E-state index in [1.807, 2.05) is 0 Å². The molecule has 0 aliphatic heterocycles. The van der Waals surface area contributed by atoms with Crippen molar-refractivity contribution in [3.8, 4) is 17.3 Å². The van der Waals surface area contributed by atoms with Crippen molar-refractivity contribution >= 4 is 11.6 Å². The number of aromatic nitrogens is 4. The molecule has 0 N–H and O–H groups in total. The Bertz CT molecular complexity index is 550. The molecule has 0 fully saturated rings. The van der Waals surface area contributed by atoms with Gasteiger partial charge in [0, 0.05) is 25.6 Å². The molecule has 0 atom stereocenters. The molecule has 2 rings (SSSR count). The number of hydrogen-bond donors (Lipinski definition) is 0. The molecule has 2 heterocycles. The van der Waals surface area contributed by atoms with E-state index >= 15 is 0 Å². The van der Waals surface area contributed by atoms with E-state index in [4.69, 9.17) is 21.1 Å². The standard InChI is InChI=1S/C11H11ClN4O2/c1-17-6-9-15-7(5-8(12)16-9)10-11(18-2)14-4-3-13-10/h3-5H,6H2,1-2H3. The maximum Gasteiger partial charge on any atom is 0.241 e. The first-order valence-electron chi connectivity index (χ1n) is 5.12. The quantitative estimate of drug-likeness (QED) is 0.785. The van der Waals surface area contributed by atoms with Gasteiger partial charge >= 0.3 is 0 Å². The smallest absolute Gasteiger partial charge is 0.241 e. The lowest BCUT2D eigenvalue weighted by molar-refractivity contribution is 0.178. The van der Waals surface area contributed by atoms with Gasteiger partial charge in [-0.15, -0.1) is 0 Å². The van der Waals surface area contributed by atoms with Crippen LogP contribution in [0.3, 0.4) is 0 Å². The van der Waals surface area contributed by atoms with E-state index in [1.54, 1.807) is 25.6 Å². The van der Waals surface area contributed by atoms with Gasteiger partial charge in [-0.2, -0.15) is 0 Å². The molecule has 18 heavy (non-hydrogen) atoms. The van der Waals surface area contributed by atoms with E-state index in [9.17, 15) is 0 Å². The van der Waals surface area contributed by atoms with E-state index in [0.29, 0.717) is 28.2 Å². The Morgan fingerprint density at radius 1 is 1.17 bits per heavy atom. The predicted octanol–water partition coefficient (Wildman–Crippen LogP) is 1.74. The average molecular weight is 267 g/mol. The summed E-state index contributed by atoms with van der Waals surface area (Å²) in [6, 6.07) is 1.60. The van der Waals surface area contributed by atoms with Gasteiger partial charge in [-0.25, -0.2) is 19.9 Å². The molecule has 0 saturated heterocycles. The second-order valence-electron chi connectivity index (χ2n) is 3.34. The summed E-state index contributed by atoms with van der Waals surface area (Å²) >= 11 is 5.94. The van der Waals surface area contributed by atoms with Crippen molar-refractivity contribution in [1.82, 2.24) is 19.9 Å². The zero-order chi connectivity index (χ0) is 13.0. The third kappa shape index (κ3) is 2.72. The minimum Gasteiger partial charge on any atom is -0.479 e. The minimum absolute atomic E-state index is 0.274. The van der Waals surface area contributed by atoms with Crippen molar-refractivity contribution in [2.75, 3.05) is 14.2 Å². The summed E-state index contributed by atoms with van der Waals surface area (Å²) in [5.74, 6) is 0.864. The molecule has 2 aromatic heterocycles. The van der Waals surface area contributed by atoms with Gasteiger partial charge in [0.05, 0.1) is 12.8 Å². The molecule has 0 spiro atoms. The molecule has 0 aliphatic carbocycles. The topological polar surface area (TPSA) is 70.0 Å². The average Bonchev–Trinajstić information content (AvgIpc) is 2.38. The maximum absolute atomic E-state index is 5.94. The highest BCUT2D eigenvalue weighted by Gasteiger charge is 2.12. The molecular formula is C11H11ClN4O2. The lowest BCUT2D eigenvalue weighted by Crippen LogP contribution is -2.01. The molecule has 0 radical (unpaired) electrons. The Hall–Kier alpha value is -1.79. The second-order valence-corrected chi connectivity index (χ2v) is 3.73. The highest BCUT2D eigenvalue weighted by molar-refractivity contribution is 6.29. The summed E-state index contributed by atoms with van der Waals surface area (Å²) in [6.07, 6.45) is 3.10. The summed E-state index contributed by atoms with van der Waals surface area (Å²) in [5.41, 5.74) is 1.06. The van der Waals surface area contributed by atoms with Crippen LogP contribution in [0.25, 0.3) is 11.4 Å². The van der Waals surface area contributed by atoms with Crippen LogP contribution < -0.4 is 4.74 Å². The van der Waals surface area contributed by atoms with Crippen LogP contribution in [0.4, 0.5) is 0 Å². The van der Waals surface area contributed by atoms with Gasteiger partial charge in [-0.1, -0.05) is 11.6 Å². The SMILES string of the molecule is COCc1nc(Cl)cc(-c2nccnc2OC)n1. The van der Waals surface area contributed by atoms with E-state index in [2.05, 4.69) is 19.9 Å². The van der Waals surface area contributed by atoms with E-state index in [-0.39, 0.29) is 6.61 Å². The molecule has 0 amide bonds. The van der Waals surface area contributed by atoms with Crippen molar-refractivity contribution < 1.29 is 9.47 Å². The first-order chi connectivity index (χ1) is 8.74. The third-order valence-corrected chi connectivity index (χ3v) is 2.31. The Morgan fingerprint density at radius 3 is 2.67 bits per heavy atom. The van der Waals surface area contributed by atoms with Gasteiger partial charge in [0.25, 0.3) is 0 Å². The largest absolute Gasteiger partial charge is 0.479 e. The molecule has 0 aromatic carbocycles. The number of ether oxygens (including phenoxy) is 2. The molecule has 0 unspecified atom stereocenters. The second kappa shape index (κ2) is 5.70. The van der Waals surface area contributed by atoms with Crippen molar-refractivity contribution in [3.05, 3.63) is 29.4 Å². The lowest BCUT2D eigenvalue weighted by Gasteiger charge is -2.07. The Labute approximate surface area is 109 Å². The summed E-state index contributed by atoms with van der Waals surface area (Å²) in [6.45, 7) is 0.274. The molecule has 2 aromatic rings. The first kappa shape index (κ1) is 12.7. The normalized spacial score (nSPS) is 10.4. The van der Waals surface area contributed by atoms with Gasteiger partial charge in [0.2, 0.25) is 5.88 Å². The molecule has 94 valence electrons. The molecular weight excluding hydrogens is 256 g/mol. The fourth-order valence-corrected chi connectivity index (χ4v) is 1.63. The van der Waals surface area contributed by atoms with Crippen molar-refractivity contribution in [3.63, 3.8) is 0 Å². The highest BCUT2D eigenvalue weighted by Crippen LogP contribution is 2.24. The van der Waals surface area contributed by atoms with Gasteiger partial charge in [0.1, 0.15) is 11.8 Å². The Kier molecular flexibility index (Phi) is 4.01. The van der Waals surface area contributed by atoms with Crippen molar-refractivity contribution in [1.29, 1.82) is 0 Å². The van der Waals surface area contributed by atoms with Crippen LogP contribution in [0.1, 0.15) is 5.82 Å². The monoisotopic (exact) mass is 266 g/mol. The summed E-state index contributed by atoms with van der Waals surface area (Å²) in [4.78, 5) is 16.6.